The molecule has 2 aromatic heterocycles. The summed E-state index contributed by atoms with van der Waals surface area (Å²) in [6.45, 7) is 0. The Balaban J connectivity index is 1.85. The molecule has 6 heteroatoms. The van der Waals surface area contributed by atoms with Crippen molar-refractivity contribution in [1.29, 1.82) is 0 Å². The SMILES string of the molecule is Cn1ccnc1Cc1cc(-c2cccc([N+](=O)[O-])c2)c2occc2c1. The number of hydrogen-bond acceptors (Lipinski definition) is 4. The molecule has 25 heavy (non-hydrogen) atoms. The zero-order valence-electron chi connectivity index (χ0n) is 13.5. The van der Waals surface area contributed by atoms with Crippen molar-refractivity contribution < 1.29 is 9.34 Å². The molecule has 0 aliphatic carbocycles. The fourth-order valence-electron chi connectivity index (χ4n) is 3.00. The second kappa shape index (κ2) is 5.90. The molecule has 6 nitrogen and oxygen atoms in total. The van der Waals surface area contributed by atoms with E-state index in [1.807, 2.05) is 36.0 Å². The summed E-state index contributed by atoms with van der Waals surface area (Å²) < 4.78 is 7.61. The van der Waals surface area contributed by atoms with Gasteiger partial charge in [-0.25, -0.2) is 4.98 Å². The maximum absolute atomic E-state index is 11.1. The van der Waals surface area contributed by atoms with Crippen LogP contribution in [-0.4, -0.2) is 14.5 Å². The van der Waals surface area contributed by atoms with Crippen LogP contribution in [0.3, 0.4) is 0 Å². The lowest BCUT2D eigenvalue weighted by Gasteiger charge is -2.08. The third-order valence-corrected chi connectivity index (χ3v) is 4.26. The zero-order valence-corrected chi connectivity index (χ0v) is 13.5. The van der Waals surface area contributed by atoms with Gasteiger partial charge in [0.1, 0.15) is 11.4 Å². The van der Waals surface area contributed by atoms with Crippen LogP contribution in [0.1, 0.15) is 11.4 Å². The van der Waals surface area contributed by atoms with E-state index < -0.39 is 0 Å². The molecule has 0 fully saturated rings. The van der Waals surface area contributed by atoms with Crippen LogP contribution in [0.15, 0.2) is 65.5 Å². The number of benzene rings is 2. The Morgan fingerprint density at radius 2 is 2.12 bits per heavy atom. The first kappa shape index (κ1) is 15.1. The molecule has 0 bridgehead atoms. The number of nitro benzene ring substituents is 1. The monoisotopic (exact) mass is 333 g/mol. The number of rotatable bonds is 4. The van der Waals surface area contributed by atoms with Gasteiger partial charge in [0.05, 0.1) is 11.2 Å². The first-order valence-electron chi connectivity index (χ1n) is 7.83. The van der Waals surface area contributed by atoms with Crippen molar-refractivity contribution in [2.24, 2.45) is 7.05 Å². The Morgan fingerprint density at radius 3 is 2.88 bits per heavy atom. The lowest BCUT2D eigenvalue weighted by molar-refractivity contribution is -0.384. The van der Waals surface area contributed by atoms with E-state index >= 15 is 0 Å². The van der Waals surface area contributed by atoms with E-state index in [1.165, 1.54) is 6.07 Å². The van der Waals surface area contributed by atoms with Gasteiger partial charge in [0, 0.05) is 48.9 Å². The summed E-state index contributed by atoms with van der Waals surface area (Å²) in [5.41, 5.74) is 3.46. The van der Waals surface area contributed by atoms with Gasteiger partial charge in [-0.2, -0.15) is 0 Å². The highest BCUT2D eigenvalue weighted by molar-refractivity contribution is 5.93. The molecule has 0 atom stereocenters. The summed E-state index contributed by atoms with van der Waals surface area (Å²) in [7, 11) is 1.96. The van der Waals surface area contributed by atoms with Crippen LogP contribution in [0.2, 0.25) is 0 Å². The molecule has 2 heterocycles. The Bertz CT molecular complexity index is 1080. The van der Waals surface area contributed by atoms with Gasteiger partial charge in [0.25, 0.3) is 5.69 Å². The molecule has 0 N–H and O–H groups in total. The number of nitrogens with zero attached hydrogens (tertiary/aromatic N) is 3. The molecule has 0 saturated heterocycles. The molecule has 4 rings (SSSR count). The average Bonchev–Trinajstić information content (AvgIpc) is 3.23. The Morgan fingerprint density at radius 1 is 1.24 bits per heavy atom. The van der Waals surface area contributed by atoms with Crippen LogP contribution in [0.4, 0.5) is 5.69 Å². The summed E-state index contributed by atoms with van der Waals surface area (Å²) >= 11 is 0. The highest BCUT2D eigenvalue weighted by Gasteiger charge is 2.14. The van der Waals surface area contributed by atoms with Crippen LogP contribution in [0.5, 0.6) is 0 Å². The molecule has 4 aromatic rings. The summed E-state index contributed by atoms with van der Waals surface area (Å²) in [4.78, 5) is 15.1. The van der Waals surface area contributed by atoms with E-state index in [4.69, 9.17) is 4.42 Å². The number of nitro groups is 1. The second-order valence-electron chi connectivity index (χ2n) is 5.92. The minimum atomic E-state index is -0.388. The predicted molar refractivity (Wildman–Crippen MR) is 94.3 cm³/mol. The van der Waals surface area contributed by atoms with E-state index in [9.17, 15) is 10.1 Å². The van der Waals surface area contributed by atoms with Gasteiger partial charge in [0.15, 0.2) is 0 Å². The first-order chi connectivity index (χ1) is 12.1. The summed E-state index contributed by atoms with van der Waals surface area (Å²) in [5.74, 6) is 0.952. The van der Waals surface area contributed by atoms with E-state index in [2.05, 4.69) is 11.1 Å². The second-order valence-corrected chi connectivity index (χ2v) is 5.92. The van der Waals surface area contributed by atoms with Crippen molar-refractivity contribution in [3.05, 3.63) is 82.6 Å². The van der Waals surface area contributed by atoms with Crippen molar-refractivity contribution in [2.45, 2.75) is 6.42 Å². The van der Waals surface area contributed by atoms with Gasteiger partial charge < -0.3 is 8.98 Å². The highest BCUT2D eigenvalue weighted by atomic mass is 16.6. The number of imidazole rings is 1. The van der Waals surface area contributed by atoms with E-state index in [-0.39, 0.29) is 10.6 Å². The smallest absolute Gasteiger partial charge is 0.270 e. The van der Waals surface area contributed by atoms with Crippen LogP contribution in [-0.2, 0) is 13.5 Å². The molecule has 0 aliphatic rings. The minimum absolute atomic E-state index is 0.0618. The van der Waals surface area contributed by atoms with Crippen molar-refractivity contribution in [3.63, 3.8) is 0 Å². The summed E-state index contributed by atoms with van der Waals surface area (Å²) in [6.07, 6.45) is 5.99. The summed E-state index contributed by atoms with van der Waals surface area (Å²) in [5, 5.41) is 12.1. The standard InChI is InChI=1S/C19H15N3O3/c1-21-7-6-20-18(21)11-13-9-15-5-8-25-19(15)17(10-13)14-3-2-4-16(12-14)22(23)24/h2-10,12H,11H2,1H3. The number of hydrogen-bond donors (Lipinski definition) is 0. The predicted octanol–water partition coefficient (Wildman–Crippen LogP) is 4.33. The van der Waals surface area contributed by atoms with Gasteiger partial charge >= 0.3 is 0 Å². The van der Waals surface area contributed by atoms with E-state index in [0.29, 0.717) is 6.42 Å². The van der Waals surface area contributed by atoms with Gasteiger partial charge in [0.2, 0.25) is 0 Å². The normalized spacial score (nSPS) is 11.1. The number of non-ortho nitro benzene ring substituents is 1. The minimum Gasteiger partial charge on any atom is -0.464 e. The van der Waals surface area contributed by atoms with Crippen LogP contribution in [0.25, 0.3) is 22.1 Å². The fourth-order valence-corrected chi connectivity index (χ4v) is 3.00. The molecular formula is C19H15N3O3. The highest BCUT2D eigenvalue weighted by Crippen LogP contribution is 2.33. The lowest BCUT2D eigenvalue weighted by atomic mass is 9.98. The topological polar surface area (TPSA) is 74.1 Å². The number of fused-ring (bicyclic) bond motifs is 1. The van der Waals surface area contributed by atoms with Crippen molar-refractivity contribution in [3.8, 4) is 11.1 Å². The van der Waals surface area contributed by atoms with Gasteiger partial charge in [-0.05, 0) is 29.3 Å². The van der Waals surface area contributed by atoms with E-state index in [0.717, 1.165) is 33.5 Å². The number of aryl methyl sites for hydroxylation is 1. The lowest BCUT2D eigenvalue weighted by Crippen LogP contribution is -1.98. The Labute approximate surface area is 143 Å². The maximum Gasteiger partial charge on any atom is 0.270 e. The Hall–Kier alpha value is -3.41. The largest absolute Gasteiger partial charge is 0.464 e. The van der Waals surface area contributed by atoms with Crippen molar-refractivity contribution >= 4 is 16.7 Å². The first-order valence-corrected chi connectivity index (χ1v) is 7.83. The molecule has 0 unspecified atom stereocenters. The molecule has 0 saturated carbocycles. The van der Waals surface area contributed by atoms with Crippen LogP contribution in [0, 0.1) is 10.1 Å². The van der Waals surface area contributed by atoms with Crippen LogP contribution >= 0.6 is 0 Å². The third-order valence-electron chi connectivity index (χ3n) is 4.26. The van der Waals surface area contributed by atoms with Gasteiger partial charge in [-0.15, -0.1) is 0 Å². The number of furan rings is 1. The zero-order chi connectivity index (χ0) is 17.4. The van der Waals surface area contributed by atoms with Gasteiger partial charge in [-0.3, -0.25) is 10.1 Å². The van der Waals surface area contributed by atoms with Crippen molar-refractivity contribution in [1.82, 2.24) is 9.55 Å². The molecule has 0 amide bonds. The molecule has 0 spiro atoms. The molecule has 0 aliphatic heterocycles. The molecule has 0 radical (unpaired) electrons. The third kappa shape index (κ3) is 2.78. The van der Waals surface area contributed by atoms with Crippen molar-refractivity contribution in [2.75, 3.05) is 0 Å². The number of aromatic nitrogens is 2. The van der Waals surface area contributed by atoms with Crippen LogP contribution < -0.4 is 0 Å². The maximum atomic E-state index is 11.1. The average molecular weight is 333 g/mol. The molecule has 2 aromatic carbocycles. The van der Waals surface area contributed by atoms with Gasteiger partial charge in [-0.1, -0.05) is 12.1 Å². The fraction of sp³-hybridized carbons (Fsp3) is 0.105. The van der Waals surface area contributed by atoms with E-state index in [1.54, 1.807) is 24.6 Å². The Kier molecular flexibility index (Phi) is 3.57. The quantitative estimate of drug-likeness (QED) is 0.411. The molecule has 124 valence electrons. The summed E-state index contributed by atoms with van der Waals surface area (Å²) in [6, 6.07) is 12.6. The molecular weight excluding hydrogens is 318 g/mol.